The van der Waals surface area contributed by atoms with Crippen LogP contribution in [0, 0.1) is 17.2 Å². The first-order valence-electron chi connectivity index (χ1n) is 7.52. The monoisotopic (exact) mass is 267 g/mol. The van der Waals surface area contributed by atoms with Crippen LogP contribution in [0.15, 0.2) is 0 Å². The van der Waals surface area contributed by atoms with Gasteiger partial charge in [-0.1, -0.05) is 6.92 Å². The van der Waals surface area contributed by atoms with Gasteiger partial charge in [0.25, 0.3) is 0 Å². The lowest BCUT2D eigenvalue weighted by Crippen LogP contribution is -2.41. The number of nitriles is 1. The fraction of sp³-hybridized carbons (Fsp3) is 0.933. The maximum Gasteiger partial charge on any atom is 0.103 e. The summed E-state index contributed by atoms with van der Waals surface area (Å²) in [6, 6.07) is 2.39. The molecule has 1 N–H and O–H groups in total. The van der Waals surface area contributed by atoms with Crippen LogP contribution in [0.3, 0.4) is 0 Å². The summed E-state index contributed by atoms with van der Waals surface area (Å²) in [6.07, 6.45) is 4.36. The van der Waals surface area contributed by atoms with Gasteiger partial charge in [-0.05, 0) is 58.7 Å². The van der Waals surface area contributed by atoms with Crippen molar-refractivity contribution in [3.05, 3.63) is 0 Å². The topological polar surface area (TPSA) is 48.3 Å². The summed E-state index contributed by atoms with van der Waals surface area (Å²) >= 11 is 0. The molecule has 0 aromatic rings. The molecular formula is C15H29N3O. The highest BCUT2D eigenvalue weighted by molar-refractivity contribution is 5.03. The van der Waals surface area contributed by atoms with E-state index in [1.165, 1.54) is 12.8 Å². The predicted molar refractivity (Wildman–Crippen MR) is 78.0 cm³/mol. The number of hydrogen-bond acceptors (Lipinski definition) is 4. The van der Waals surface area contributed by atoms with Gasteiger partial charge in [-0.15, -0.1) is 0 Å². The van der Waals surface area contributed by atoms with Crippen molar-refractivity contribution in [2.45, 2.75) is 45.1 Å². The van der Waals surface area contributed by atoms with Gasteiger partial charge in [0.05, 0.1) is 6.07 Å². The lowest BCUT2D eigenvalue weighted by Gasteiger charge is -2.28. The summed E-state index contributed by atoms with van der Waals surface area (Å²) in [6.45, 7) is 8.97. The van der Waals surface area contributed by atoms with Crippen LogP contribution in [0.2, 0.25) is 0 Å². The SMILES string of the molecule is CCNC(C)(C#N)CCCN(C)CC1CCOCC1. The second-order valence-corrected chi connectivity index (χ2v) is 5.90. The molecule has 110 valence electrons. The number of nitrogens with one attached hydrogen (secondary N) is 1. The molecule has 0 saturated carbocycles. The Kier molecular flexibility index (Phi) is 7.37. The molecule has 0 aromatic heterocycles. The lowest BCUT2D eigenvalue weighted by molar-refractivity contribution is 0.0554. The summed E-state index contributed by atoms with van der Waals surface area (Å²) in [4.78, 5) is 2.40. The van der Waals surface area contributed by atoms with Crippen LogP contribution in [-0.2, 0) is 4.74 Å². The van der Waals surface area contributed by atoms with Gasteiger partial charge >= 0.3 is 0 Å². The average Bonchev–Trinajstić information content (AvgIpc) is 2.40. The average molecular weight is 267 g/mol. The van der Waals surface area contributed by atoms with Gasteiger partial charge in [-0.25, -0.2) is 0 Å². The van der Waals surface area contributed by atoms with Gasteiger partial charge in [-0.3, -0.25) is 5.32 Å². The summed E-state index contributed by atoms with van der Waals surface area (Å²) in [7, 11) is 2.19. The standard InChI is InChI=1S/C15H29N3O/c1-4-17-15(2,13-16)8-5-9-18(3)12-14-6-10-19-11-7-14/h14,17H,4-12H2,1-3H3. The van der Waals surface area contributed by atoms with Crippen molar-refractivity contribution in [3.63, 3.8) is 0 Å². The minimum Gasteiger partial charge on any atom is -0.381 e. The highest BCUT2D eigenvalue weighted by atomic mass is 16.5. The molecule has 0 amide bonds. The number of ether oxygens (including phenoxy) is 1. The zero-order valence-electron chi connectivity index (χ0n) is 12.7. The van der Waals surface area contributed by atoms with Gasteiger partial charge in [0.15, 0.2) is 0 Å². The number of nitrogens with zero attached hydrogens (tertiary/aromatic N) is 2. The molecule has 0 bridgehead atoms. The van der Waals surface area contributed by atoms with Crippen LogP contribution >= 0.6 is 0 Å². The summed E-state index contributed by atoms with van der Waals surface area (Å²) in [5.41, 5.74) is -0.367. The summed E-state index contributed by atoms with van der Waals surface area (Å²) in [5, 5.41) is 12.5. The van der Waals surface area contributed by atoms with Gasteiger partial charge < -0.3 is 9.64 Å². The molecule has 0 spiro atoms. The molecule has 1 saturated heterocycles. The van der Waals surface area contributed by atoms with E-state index in [1.54, 1.807) is 0 Å². The summed E-state index contributed by atoms with van der Waals surface area (Å²) in [5.74, 6) is 0.787. The maximum absolute atomic E-state index is 9.20. The molecule has 1 unspecified atom stereocenters. The second kappa shape index (κ2) is 8.52. The molecule has 1 rings (SSSR count). The fourth-order valence-corrected chi connectivity index (χ4v) is 2.74. The van der Waals surface area contributed by atoms with E-state index in [4.69, 9.17) is 4.74 Å². The molecule has 4 nitrogen and oxygen atoms in total. The van der Waals surface area contributed by atoms with Crippen molar-refractivity contribution in [3.8, 4) is 6.07 Å². The second-order valence-electron chi connectivity index (χ2n) is 5.90. The Balaban J connectivity index is 2.18. The number of hydrogen-bond donors (Lipinski definition) is 1. The first-order chi connectivity index (χ1) is 9.09. The molecule has 1 heterocycles. The molecule has 1 aliphatic heterocycles. The Labute approximate surface area is 118 Å². The summed E-state index contributed by atoms with van der Waals surface area (Å²) < 4.78 is 5.39. The van der Waals surface area contributed by atoms with E-state index < -0.39 is 0 Å². The van der Waals surface area contributed by atoms with Crippen molar-refractivity contribution in [1.29, 1.82) is 5.26 Å². The molecule has 4 heteroatoms. The number of rotatable bonds is 8. The molecular weight excluding hydrogens is 238 g/mol. The third-order valence-electron chi connectivity index (χ3n) is 3.94. The van der Waals surface area contributed by atoms with Crippen LogP contribution < -0.4 is 5.32 Å². The third-order valence-corrected chi connectivity index (χ3v) is 3.94. The Morgan fingerprint density at radius 2 is 2.11 bits per heavy atom. The van der Waals surface area contributed by atoms with Gasteiger partial charge in [0.2, 0.25) is 0 Å². The van der Waals surface area contributed by atoms with Crippen molar-refractivity contribution in [2.24, 2.45) is 5.92 Å². The minimum atomic E-state index is -0.367. The molecule has 0 aromatic carbocycles. The molecule has 0 radical (unpaired) electrons. The van der Waals surface area contributed by atoms with Crippen molar-refractivity contribution >= 4 is 0 Å². The zero-order valence-corrected chi connectivity index (χ0v) is 12.7. The van der Waals surface area contributed by atoms with Crippen molar-refractivity contribution in [1.82, 2.24) is 10.2 Å². The predicted octanol–water partition coefficient (Wildman–Crippen LogP) is 2.02. The van der Waals surface area contributed by atoms with E-state index in [-0.39, 0.29) is 5.54 Å². The normalized spacial score (nSPS) is 20.2. The largest absolute Gasteiger partial charge is 0.381 e. The van der Waals surface area contributed by atoms with Crippen LogP contribution in [0.25, 0.3) is 0 Å². The molecule has 1 atom stereocenters. The Morgan fingerprint density at radius 1 is 1.42 bits per heavy atom. The van der Waals surface area contributed by atoms with Gasteiger partial charge in [0.1, 0.15) is 5.54 Å². The van der Waals surface area contributed by atoms with Gasteiger partial charge in [-0.2, -0.15) is 5.26 Å². The maximum atomic E-state index is 9.20. The Bertz CT molecular complexity index is 284. The molecule has 1 fully saturated rings. The smallest absolute Gasteiger partial charge is 0.103 e. The fourth-order valence-electron chi connectivity index (χ4n) is 2.74. The van der Waals surface area contributed by atoms with E-state index >= 15 is 0 Å². The zero-order chi connectivity index (χ0) is 14.1. The lowest BCUT2D eigenvalue weighted by atomic mass is 9.97. The van der Waals surface area contributed by atoms with E-state index in [0.717, 1.165) is 51.6 Å². The van der Waals surface area contributed by atoms with E-state index in [0.29, 0.717) is 0 Å². The molecule has 0 aliphatic carbocycles. The Morgan fingerprint density at radius 3 is 2.68 bits per heavy atom. The highest BCUT2D eigenvalue weighted by Crippen LogP contribution is 2.16. The first kappa shape index (κ1) is 16.4. The van der Waals surface area contributed by atoms with Crippen molar-refractivity contribution < 1.29 is 4.74 Å². The first-order valence-corrected chi connectivity index (χ1v) is 7.52. The van der Waals surface area contributed by atoms with Crippen LogP contribution in [0.1, 0.15) is 39.5 Å². The van der Waals surface area contributed by atoms with Crippen LogP contribution in [-0.4, -0.2) is 50.3 Å². The van der Waals surface area contributed by atoms with Crippen LogP contribution in [0.4, 0.5) is 0 Å². The highest BCUT2D eigenvalue weighted by Gasteiger charge is 2.22. The molecule has 19 heavy (non-hydrogen) atoms. The van der Waals surface area contributed by atoms with Crippen molar-refractivity contribution in [2.75, 3.05) is 39.9 Å². The van der Waals surface area contributed by atoms with E-state index in [2.05, 4.69) is 23.3 Å². The van der Waals surface area contributed by atoms with Crippen LogP contribution in [0.5, 0.6) is 0 Å². The van der Waals surface area contributed by atoms with E-state index in [9.17, 15) is 5.26 Å². The third kappa shape index (κ3) is 6.38. The Hall–Kier alpha value is -0.630. The molecule has 1 aliphatic rings. The quantitative estimate of drug-likeness (QED) is 0.731. The van der Waals surface area contributed by atoms with Gasteiger partial charge in [0, 0.05) is 19.8 Å². The van der Waals surface area contributed by atoms with E-state index in [1.807, 2.05) is 13.8 Å². The minimum absolute atomic E-state index is 0.367.